The molecule has 2 aromatic carbocycles. The van der Waals surface area contributed by atoms with Gasteiger partial charge in [-0.05, 0) is 74.4 Å². The molecule has 5 rings (SSSR count). The van der Waals surface area contributed by atoms with Gasteiger partial charge in [-0.3, -0.25) is 9.69 Å². The molecule has 8 heteroatoms. The number of benzene rings is 2. The number of hydrogen-bond donors (Lipinski definition) is 1. The average molecular weight is 542 g/mol. The maximum Gasteiger partial charge on any atom is 0.410 e. The van der Waals surface area contributed by atoms with E-state index in [1.807, 2.05) is 69.9 Å². The van der Waals surface area contributed by atoms with Gasteiger partial charge in [-0.15, -0.1) is 0 Å². The van der Waals surface area contributed by atoms with Crippen molar-refractivity contribution < 1.29 is 14.3 Å². The molecule has 1 fully saturated rings. The molecule has 0 aliphatic carbocycles. The summed E-state index contributed by atoms with van der Waals surface area (Å²) < 4.78 is 4.94. The fourth-order valence-electron chi connectivity index (χ4n) is 5.70. The van der Waals surface area contributed by atoms with Gasteiger partial charge in [0, 0.05) is 36.7 Å². The number of carbonyl (C=O) groups is 2. The van der Waals surface area contributed by atoms with Crippen LogP contribution >= 0.6 is 0 Å². The molecular weight excluding hydrogens is 502 g/mol. The van der Waals surface area contributed by atoms with E-state index in [1.165, 1.54) is 12.7 Å². The lowest BCUT2D eigenvalue weighted by atomic mass is 9.88. The maximum atomic E-state index is 13.6. The van der Waals surface area contributed by atoms with Crippen molar-refractivity contribution in [3.05, 3.63) is 75.6 Å². The standard InChI is InChI=1S/C30H33N5O3.C2H6/c1-18-13-19(2)25(29(36)34-11-9-23(10-12-34)22-7-5-21(16-31)6-8-22)15-24(18)28-32-26-14-20(3)35(30(37)38-4)17-27(26)33-28;1-2/h5-8,13,15,20,23H,9-12,14,17H2,1-4H3,(H,32,33);1-2H3. The van der Waals surface area contributed by atoms with Crippen LogP contribution < -0.4 is 0 Å². The van der Waals surface area contributed by atoms with Crippen LogP contribution in [0.4, 0.5) is 4.79 Å². The maximum absolute atomic E-state index is 13.6. The highest BCUT2D eigenvalue weighted by Crippen LogP contribution is 2.32. The van der Waals surface area contributed by atoms with Gasteiger partial charge in [0.05, 0.1) is 36.7 Å². The van der Waals surface area contributed by atoms with Crippen molar-refractivity contribution in [1.29, 1.82) is 5.26 Å². The van der Waals surface area contributed by atoms with Crippen LogP contribution in [0.1, 0.15) is 83.5 Å². The van der Waals surface area contributed by atoms with E-state index >= 15 is 0 Å². The number of likely N-dealkylation sites (tertiary alicyclic amines) is 1. The number of carbonyl (C=O) groups excluding carboxylic acids is 2. The summed E-state index contributed by atoms with van der Waals surface area (Å²) in [6, 6.07) is 14.0. The number of aromatic amines is 1. The lowest BCUT2D eigenvalue weighted by Crippen LogP contribution is -2.42. The van der Waals surface area contributed by atoms with Gasteiger partial charge in [-0.1, -0.05) is 32.0 Å². The summed E-state index contributed by atoms with van der Waals surface area (Å²) in [6.45, 7) is 11.8. The van der Waals surface area contributed by atoms with Gasteiger partial charge in [0.15, 0.2) is 0 Å². The molecule has 1 unspecified atom stereocenters. The van der Waals surface area contributed by atoms with Crippen molar-refractivity contribution in [2.24, 2.45) is 0 Å². The number of amides is 2. The quantitative estimate of drug-likeness (QED) is 0.430. The van der Waals surface area contributed by atoms with Gasteiger partial charge < -0.3 is 14.6 Å². The molecule has 0 saturated carbocycles. The summed E-state index contributed by atoms with van der Waals surface area (Å²) in [7, 11) is 1.40. The lowest BCUT2D eigenvalue weighted by molar-refractivity contribution is 0.0712. The first kappa shape index (κ1) is 28.9. The lowest BCUT2D eigenvalue weighted by Gasteiger charge is -2.32. The first-order valence-electron chi connectivity index (χ1n) is 14.1. The van der Waals surface area contributed by atoms with Crippen molar-refractivity contribution in [1.82, 2.24) is 19.8 Å². The summed E-state index contributed by atoms with van der Waals surface area (Å²) >= 11 is 0. The summed E-state index contributed by atoms with van der Waals surface area (Å²) in [5.41, 5.74) is 7.34. The van der Waals surface area contributed by atoms with E-state index in [0.29, 0.717) is 43.1 Å². The van der Waals surface area contributed by atoms with Crippen molar-refractivity contribution in [3.8, 4) is 17.5 Å². The summed E-state index contributed by atoms with van der Waals surface area (Å²) in [6.07, 6.45) is 2.09. The Labute approximate surface area is 237 Å². The molecule has 1 N–H and O–H groups in total. The highest BCUT2D eigenvalue weighted by atomic mass is 16.5. The van der Waals surface area contributed by atoms with Crippen molar-refractivity contribution in [2.75, 3.05) is 20.2 Å². The van der Waals surface area contributed by atoms with Crippen LogP contribution in [0.15, 0.2) is 36.4 Å². The van der Waals surface area contributed by atoms with Crippen molar-refractivity contribution in [3.63, 3.8) is 0 Å². The van der Waals surface area contributed by atoms with Crippen LogP contribution in [-0.4, -0.2) is 58.0 Å². The van der Waals surface area contributed by atoms with E-state index in [2.05, 4.69) is 17.1 Å². The van der Waals surface area contributed by atoms with Gasteiger partial charge in [0.1, 0.15) is 5.82 Å². The second kappa shape index (κ2) is 12.4. The third kappa shape index (κ3) is 5.74. The summed E-state index contributed by atoms with van der Waals surface area (Å²) in [5, 5.41) is 9.05. The Bertz CT molecular complexity index is 1410. The van der Waals surface area contributed by atoms with Crippen molar-refractivity contribution >= 4 is 12.0 Å². The van der Waals surface area contributed by atoms with Crippen LogP contribution in [0.3, 0.4) is 0 Å². The topological polar surface area (TPSA) is 102 Å². The van der Waals surface area contributed by atoms with Crippen LogP contribution in [0.5, 0.6) is 0 Å². The number of aromatic nitrogens is 2. The molecule has 210 valence electrons. The number of nitrogens with zero attached hydrogens (tertiary/aromatic N) is 4. The average Bonchev–Trinajstić information content (AvgIpc) is 3.39. The van der Waals surface area contributed by atoms with Crippen molar-refractivity contribution in [2.45, 2.75) is 72.4 Å². The van der Waals surface area contributed by atoms with Gasteiger partial charge in [0.25, 0.3) is 5.91 Å². The SMILES string of the molecule is CC.COC(=O)N1Cc2[nH]c(-c3cc(C(=O)N4CCC(c5ccc(C#N)cc5)CC4)c(C)cc3C)nc2CC1C. The predicted molar refractivity (Wildman–Crippen MR) is 155 cm³/mol. The number of piperidine rings is 1. The largest absolute Gasteiger partial charge is 0.453 e. The van der Waals surface area contributed by atoms with Gasteiger partial charge in [-0.2, -0.15) is 5.26 Å². The number of fused-ring (bicyclic) bond motifs is 1. The zero-order valence-corrected chi connectivity index (χ0v) is 24.4. The number of aryl methyl sites for hydroxylation is 2. The van der Waals surface area contributed by atoms with E-state index in [0.717, 1.165) is 46.7 Å². The van der Waals surface area contributed by atoms with Gasteiger partial charge >= 0.3 is 6.09 Å². The highest BCUT2D eigenvalue weighted by molar-refractivity contribution is 5.97. The zero-order valence-electron chi connectivity index (χ0n) is 24.4. The minimum Gasteiger partial charge on any atom is -0.453 e. The molecule has 1 atom stereocenters. The van der Waals surface area contributed by atoms with Crippen LogP contribution in [0.25, 0.3) is 11.4 Å². The second-order valence-electron chi connectivity index (χ2n) is 10.4. The first-order chi connectivity index (χ1) is 19.3. The highest BCUT2D eigenvalue weighted by Gasteiger charge is 2.31. The Morgan fingerprint density at radius 1 is 1.07 bits per heavy atom. The molecule has 3 aromatic rings. The molecule has 3 heterocycles. The first-order valence-corrected chi connectivity index (χ1v) is 14.1. The smallest absolute Gasteiger partial charge is 0.410 e. The van der Waals surface area contributed by atoms with Gasteiger partial charge in [0.2, 0.25) is 0 Å². The molecule has 0 spiro atoms. The fourth-order valence-corrected chi connectivity index (χ4v) is 5.70. The predicted octanol–water partition coefficient (Wildman–Crippen LogP) is 6.12. The number of methoxy groups -OCH3 is 1. The third-order valence-corrected chi connectivity index (χ3v) is 7.97. The van der Waals surface area contributed by atoms with E-state index in [1.54, 1.807) is 4.90 Å². The van der Waals surface area contributed by atoms with Crippen LogP contribution in [-0.2, 0) is 17.7 Å². The molecule has 40 heavy (non-hydrogen) atoms. The monoisotopic (exact) mass is 541 g/mol. The summed E-state index contributed by atoms with van der Waals surface area (Å²) in [4.78, 5) is 37.7. The number of ether oxygens (including phenoxy) is 1. The number of nitriles is 1. The molecule has 1 saturated heterocycles. The fraction of sp³-hybridized carbons (Fsp3) is 0.438. The van der Waals surface area contributed by atoms with E-state index in [9.17, 15) is 9.59 Å². The molecule has 0 bridgehead atoms. The second-order valence-corrected chi connectivity index (χ2v) is 10.4. The van der Waals surface area contributed by atoms with Crippen LogP contribution in [0, 0.1) is 25.2 Å². The molecule has 8 nitrogen and oxygen atoms in total. The Morgan fingerprint density at radius 3 is 2.38 bits per heavy atom. The Kier molecular flexibility index (Phi) is 8.93. The number of nitrogens with one attached hydrogen (secondary N) is 1. The third-order valence-electron chi connectivity index (χ3n) is 7.97. The molecule has 2 aliphatic rings. The Balaban J connectivity index is 0.00000181. The normalized spacial score (nSPS) is 16.9. The molecule has 2 amide bonds. The minimum absolute atomic E-state index is 0.00503. The number of imidazole rings is 1. The van der Waals surface area contributed by atoms with Gasteiger partial charge in [-0.25, -0.2) is 9.78 Å². The van der Waals surface area contributed by atoms with Crippen LogP contribution in [0.2, 0.25) is 0 Å². The number of H-pyrrole nitrogens is 1. The summed E-state index contributed by atoms with van der Waals surface area (Å²) in [5.74, 6) is 1.16. The van der Waals surface area contributed by atoms with E-state index in [4.69, 9.17) is 15.0 Å². The zero-order chi connectivity index (χ0) is 29.0. The van der Waals surface area contributed by atoms with E-state index < -0.39 is 0 Å². The minimum atomic E-state index is -0.346. The molecule has 1 aromatic heterocycles. The number of hydrogen-bond acceptors (Lipinski definition) is 5. The Hall–Kier alpha value is -4.12. The Morgan fingerprint density at radius 2 is 1.75 bits per heavy atom. The molecular formula is C32H39N5O3. The van der Waals surface area contributed by atoms with E-state index in [-0.39, 0.29) is 18.0 Å². The number of rotatable bonds is 3. The molecule has 0 radical (unpaired) electrons. The molecule has 2 aliphatic heterocycles.